The van der Waals surface area contributed by atoms with Gasteiger partial charge in [0.1, 0.15) is 5.75 Å². The normalized spacial score (nSPS) is 11.0. The van der Waals surface area contributed by atoms with Crippen molar-refractivity contribution >= 4 is 12.1 Å². The molecule has 0 spiro atoms. The molecule has 0 fully saturated rings. The lowest BCUT2D eigenvalue weighted by Crippen LogP contribution is -2.24. The van der Waals surface area contributed by atoms with Crippen molar-refractivity contribution in [1.82, 2.24) is 15.2 Å². The predicted octanol–water partition coefficient (Wildman–Crippen LogP) is 3.64. The predicted molar refractivity (Wildman–Crippen MR) is 110 cm³/mol. The molecule has 0 aliphatic rings. The molecule has 6 heteroatoms. The van der Waals surface area contributed by atoms with Crippen molar-refractivity contribution in [1.29, 1.82) is 0 Å². The molecule has 3 aromatic rings. The van der Waals surface area contributed by atoms with Gasteiger partial charge in [0.15, 0.2) is 6.61 Å². The third-order valence-electron chi connectivity index (χ3n) is 4.43. The Morgan fingerprint density at radius 1 is 1.14 bits per heavy atom. The maximum Gasteiger partial charge on any atom is 0.277 e. The van der Waals surface area contributed by atoms with E-state index in [1.807, 2.05) is 80.9 Å². The van der Waals surface area contributed by atoms with Crippen LogP contribution in [0.15, 0.2) is 53.6 Å². The number of ether oxygens (including phenoxy) is 1. The summed E-state index contributed by atoms with van der Waals surface area (Å²) in [5, 5.41) is 8.62. The van der Waals surface area contributed by atoms with Crippen LogP contribution in [0.5, 0.6) is 5.75 Å². The van der Waals surface area contributed by atoms with Gasteiger partial charge in [-0.15, -0.1) is 0 Å². The van der Waals surface area contributed by atoms with E-state index < -0.39 is 0 Å². The highest BCUT2D eigenvalue weighted by Gasteiger charge is 2.11. The van der Waals surface area contributed by atoms with Gasteiger partial charge in [0.05, 0.1) is 23.3 Å². The fourth-order valence-corrected chi connectivity index (χ4v) is 2.87. The standard InChI is InChI=1S/C22H24N4O2/c1-15-10-11-16(2)21(12-15)28-14-22(27)24-23-13-20-17(3)25-26(18(20)4)19-8-6-5-7-9-19/h5-13H,14H2,1-4H3,(H,24,27)/b23-13-. The van der Waals surface area contributed by atoms with Crippen molar-refractivity contribution in [3.63, 3.8) is 0 Å². The molecule has 0 unspecified atom stereocenters. The molecule has 6 nitrogen and oxygen atoms in total. The Labute approximate surface area is 164 Å². The largest absolute Gasteiger partial charge is 0.483 e. The van der Waals surface area contributed by atoms with E-state index in [0.29, 0.717) is 5.75 Å². The Bertz CT molecular complexity index is 1010. The number of nitrogens with one attached hydrogen (secondary N) is 1. The molecular formula is C22H24N4O2. The van der Waals surface area contributed by atoms with E-state index in [9.17, 15) is 4.79 Å². The van der Waals surface area contributed by atoms with Crippen molar-refractivity contribution in [2.24, 2.45) is 5.10 Å². The second-order valence-corrected chi connectivity index (χ2v) is 6.68. The number of aromatic nitrogens is 2. The van der Waals surface area contributed by atoms with Crippen molar-refractivity contribution in [3.05, 3.63) is 76.6 Å². The highest BCUT2D eigenvalue weighted by atomic mass is 16.5. The Morgan fingerprint density at radius 3 is 2.64 bits per heavy atom. The first-order chi connectivity index (χ1) is 13.5. The number of carbonyl (C=O) groups excluding carboxylic acids is 1. The summed E-state index contributed by atoms with van der Waals surface area (Å²) in [6, 6.07) is 15.8. The summed E-state index contributed by atoms with van der Waals surface area (Å²) in [5.41, 5.74) is 8.22. The minimum Gasteiger partial charge on any atom is -0.483 e. The molecule has 2 aromatic carbocycles. The molecule has 0 atom stereocenters. The number of aryl methyl sites for hydroxylation is 3. The van der Waals surface area contributed by atoms with Gasteiger partial charge in [-0.3, -0.25) is 4.79 Å². The van der Waals surface area contributed by atoms with Crippen LogP contribution in [0.4, 0.5) is 0 Å². The van der Waals surface area contributed by atoms with E-state index in [4.69, 9.17) is 4.74 Å². The fraction of sp³-hybridized carbons (Fsp3) is 0.227. The molecule has 1 amide bonds. The van der Waals surface area contributed by atoms with Gasteiger partial charge in [-0.05, 0) is 57.0 Å². The van der Waals surface area contributed by atoms with Crippen LogP contribution in [0.3, 0.4) is 0 Å². The molecule has 1 heterocycles. The van der Waals surface area contributed by atoms with Crippen molar-refractivity contribution in [2.75, 3.05) is 6.61 Å². The summed E-state index contributed by atoms with van der Waals surface area (Å²) in [5.74, 6) is 0.387. The zero-order chi connectivity index (χ0) is 20.1. The van der Waals surface area contributed by atoms with Crippen LogP contribution >= 0.6 is 0 Å². The average Bonchev–Trinajstić information content (AvgIpc) is 2.97. The fourth-order valence-electron chi connectivity index (χ4n) is 2.87. The number of amides is 1. The van der Waals surface area contributed by atoms with Crippen molar-refractivity contribution < 1.29 is 9.53 Å². The number of nitrogens with zero attached hydrogens (tertiary/aromatic N) is 3. The molecule has 0 radical (unpaired) electrons. The third kappa shape index (κ3) is 4.46. The lowest BCUT2D eigenvalue weighted by atomic mass is 10.1. The van der Waals surface area contributed by atoms with Crippen LogP contribution in [0.25, 0.3) is 5.69 Å². The molecule has 0 aliphatic heterocycles. The molecule has 1 N–H and O–H groups in total. The Kier molecular flexibility index (Phi) is 5.89. The first-order valence-electron chi connectivity index (χ1n) is 9.09. The quantitative estimate of drug-likeness (QED) is 0.528. The number of hydrogen-bond acceptors (Lipinski definition) is 4. The summed E-state index contributed by atoms with van der Waals surface area (Å²) in [6.45, 7) is 7.72. The average molecular weight is 376 g/mol. The molecule has 144 valence electrons. The van der Waals surface area contributed by atoms with E-state index in [0.717, 1.165) is 33.8 Å². The number of para-hydroxylation sites is 1. The van der Waals surface area contributed by atoms with Crippen LogP contribution < -0.4 is 10.2 Å². The first-order valence-corrected chi connectivity index (χ1v) is 9.09. The molecule has 0 saturated heterocycles. The zero-order valence-corrected chi connectivity index (χ0v) is 16.6. The first kappa shape index (κ1) is 19.4. The molecule has 28 heavy (non-hydrogen) atoms. The maximum absolute atomic E-state index is 12.0. The molecule has 0 aliphatic carbocycles. The molecule has 0 bridgehead atoms. The number of rotatable bonds is 6. The van der Waals surface area contributed by atoms with E-state index in [2.05, 4.69) is 15.6 Å². The minimum absolute atomic E-state index is 0.0944. The second-order valence-electron chi connectivity index (χ2n) is 6.68. The minimum atomic E-state index is -0.317. The number of carbonyl (C=O) groups is 1. The number of hydrogen-bond donors (Lipinski definition) is 1. The van der Waals surface area contributed by atoms with Crippen molar-refractivity contribution in [3.8, 4) is 11.4 Å². The van der Waals surface area contributed by atoms with Gasteiger partial charge in [0.2, 0.25) is 0 Å². The van der Waals surface area contributed by atoms with Gasteiger partial charge >= 0.3 is 0 Å². The van der Waals surface area contributed by atoms with Gasteiger partial charge in [-0.2, -0.15) is 10.2 Å². The Balaban J connectivity index is 1.62. The van der Waals surface area contributed by atoms with Gasteiger partial charge in [-0.25, -0.2) is 10.1 Å². The van der Waals surface area contributed by atoms with Crippen LogP contribution in [0, 0.1) is 27.7 Å². The Hall–Kier alpha value is -3.41. The molecule has 0 saturated carbocycles. The van der Waals surface area contributed by atoms with E-state index in [1.165, 1.54) is 0 Å². The van der Waals surface area contributed by atoms with Gasteiger partial charge < -0.3 is 4.74 Å². The molecule has 3 rings (SSSR count). The van der Waals surface area contributed by atoms with Gasteiger partial charge in [0, 0.05) is 5.56 Å². The Morgan fingerprint density at radius 2 is 1.89 bits per heavy atom. The lowest BCUT2D eigenvalue weighted by Gasteiger charge is -2.08. The van der Waals surface area contributed by atoms with Crippen LogP contribution in [-0.4, -0.2) is 28.5 Å². The lowest BCUT2D eigenvalue weighted by molar-refractivity contribution is -0.123. The highest BCUT2D eigenvalue weighted by Crippen LogP contribution is 2.19. The van der Waals surface area contributed by atoms with E-state index >= 15 is 0 Å². The molecule has 1 aromatic heterocycles. The number of hydrazone groups is 1. The zero-order valence-electron chi connectivity index (χ0n) is 16.6. The summed E-state index contributed by atoms with van der Waals surface area (Å²) in [7, 11) is 0. The maximum atomic E-state index is 12.0. The SMILES string of the molecule is Cc1ccc(C)c(OCC(=O)N/N=C\c2c(C)nn(-c3ccccc3)c2C)c1. The highest BCUT2D eigenvalue weighted by molar-refractivity contribution is 5.85. The summed E-state index contributed by atoms with van der Waals surface area (Å²) >= 11 is 0. The monoisotopic (exact) mass is 376 g/mol. The summed E-state index contributed by atoms with van der Waals surface area (Å²) in [4.78, 5) is 12.0. The summed E-state index contributed by atoms with van der Waals surface area (Å²) < 4.78 is 7.45. The topological polar surface area (TPSA) is 68.5 Å². The van der Waals surface area contributed by atoms with E-state index in [1.54, 1.807) is 6.21 Å². The molecular weight excluding hydrogens is 352 g/mol. The van der Waals surface area contributed by atoms with Crippen LogP contribution in [-0.2, 0) is 4.79 Å². The smallest absolute Gasteiger partial charge is 0.277 e. The second kappa shape index (κ2) is 8.52. The number of benzene rings is 2. The van der Waals surface area contributed by atoms with Gasteiger partial charge in [0.25, 0.3) is 5.91 Å². The van der Waals surface area contributed by atoms with Gasteiger partial charge in [-0.1, -0.05) is 30.3 Å². The van der Waals surface area contributed by atoms with Crippen molar-refractivity contribution in [2.45, 2.75) is 27.7 Å². The third-order valence-corrected chi connectivity index (χ3v) is 4.43. The summed E-state index contributed by atoms with van der Waals surface area (Å²) in [6.07, 6.45) is 1.62. The van der Waals surface area contributed by atoms with Crippen LogP contribution in [0.1, 0.15) is 28.1 Å². The van der Waals surface area contributed by atoms with Crippen LogP contribution in [0.2, 0.25) is 0 Å². The van der Waals surface area contributed by atoms with E-state index in [-0.39, 0.29) is 12.5 Å².